The molecule has 0 N–H and O–H groups in total. The highest BCUT2D eigenvalue weighted by molar-refractivity contribution is 7.98. The summed E-state index contributed by atoms with van der Waals surface area (Å²) < 4.78 is 12.3. The van der Waals surface area contributed by atoms with Crippen LogP contribution < -0.4 is 11.2 Å². The van der Waals surface area contributed by atoms with Crippen LogP contribution in [-0.4, -0.2) is 23.3 Å². The third-order valence-electron chi connectivity index (χ3n) is 5.68. The summed E-state index contributed by atoms with van der Waals surface area (Å²) in [6.45, 7) is 2.67. The third-order valence-corrected chi connectivity index (χ3v) is 7.91. The molecule has 6 nitrogen and oxygen atoms in total. The van der Waals surface area contributed by atoms with Gasteiger partial charge in [0.15, 0.2) is 5.16 Å². The van der Waals surface area contributed by atoms with Crippen LogP contribution >= 0.6 is 34.7 Å². The van der Waals surface area contributed by atoms with Crippen LogP contribution in [0.4, 0.5) is 0 Å². The third kappa shape index (κ3) is 4.67. The van der Waals surface area contributed by atoms with Gasteiger partial charge >= 0.3 is 5.63 Å². The molecule has 5 aromatic rings. The van der Waals surface area contributed by atoms with Gasteiger partial charge in [-0.3, -0.25) is 9.36 Å². The Morgan fingerprint density at radius 1 is 1.14 bits per heavy atom. The standard InChI is InChI=1S/C26H21ClN2O4S2/c1-15-7-8-17-16(12-22(30)33-21(17)11-15)13-35-26-28-24-23(25(31)29(26)9-10-32-2)19(14-34-24)18-5-3-4-6-20(18)27/h3-8,11-12,14H,9-10,13H2,1-2H3. The first-order chi connectivity index (χ1) is 17.0. The smallest absolute Gasteiger partial charge is 0.336 e. The zero-order valence-electron chi connectivity index (χ0n) is 19.0. The molecule has 0 radical (unpaired) electrons. The Kier molecular flexibility index (Phi) is 6.80. The molecular formula is C26H21ClN2O4S2. The van der Waals surface area contributed by atoms with E-state index in [4.69, 9.17) is 25.7 Å². The van der Waals surface area contributed by atoms with Gasteiger partial charge in [-0.1, -0.05) is 53.7 Å². The van der Waals surface area contributed by atoms with E-state index < -0.39 is 5.63 Å². The molecule has 178 valence electrons. The van der Waals surface area contributed by atoms with Crippen LogP contribution in [0.2, 0.25) is 5.02 Å². The van der Waals surface area contributed by atoms with Gasteiger partial charge in [-0.15, -0.1) is 11.3 Å². The number of benzene rings is 2. The summed E-state index contributed by atoms with van der Waals surface area (Å²) in [6, 6.07) is 14.8. The first-order valence-electron chi connectivity index (χ1n) is 10.9. The van der Waals surface area contributed by atoms with Crippen molar-refractivity contribution in [3.63, 3.8) is 0 Å². The predicted molar refractivity (Wildman–Crippen MR) is 143 cm³/mol. The highest BCUT2D eigenvalue weighted by Crippen LogP contribution is 2.36. The highest BCUT2D eigenvalue weighted by Gasteiger charge is 2.19. The molecule has 0 aliphatic carbocycles. The van der Waals surface area contributed by atoms with Crippen LogP contribution in [0.5, 0.6) is 0 Å². The van der Waals surface area contributed by atoms with E-state index in [1.165, 1.54) is 29.2 Å². The Morgan fingerprint density at radius 3 is 2.77 bits per heavy atom. The molecule has 9 heteroatoms. The topological polar surface area (TPSA) is 74.3 Å². The number of rotatable bonds is 7. The molecule has 2 aromatic carbocycles. The van der Waals surface area contributed by atoms with E-state index in [9.17, 15) is 9.59 Å². The van der Waals surface area contributed by atoms with Crippen LogP contribution in [0.25, 0.3) is 32.3 Å². The lowest BCUT2D eigenvalue weighted by Crippen LogP contribution is -2.25. The van der Waals surface area contributed by atoms with Gasteiger partial charge in [0.2, 0.25) is 0 Å². The molecular weight excluding hydrogens is 504 g/mol. The summed E-state index contributed by atoms with van der Waals surface area (Å²) in [4.78, 5) is 31.3. The van der Waals surface area contributed by atoms with Crippen molar-refractivity contribution >= 4 is 55.9 Å². The molecule has 5 rings (SSSR count). The van der Waals surface area contributed by atoms with E-state index >= 15 is 0 Å². The molecule has 35 heavy (non-hydrogen) atoms. The monoisotopic (exact) mass is 524 g/mol. The van der Waals surface area contributed by atoms with E-state index in [2.05, 4.69) is 0 Å². The summed E-state index contributed by atoms with van der Waals surface area (Å²) in [5, 5.41) is 4.49. The maximum atomic E-state index is 13.7. The van der Waals surface area contributed by atoms with Crippen LogP contribution in [0, 0.1) is 6.92 Å². The molecule has 0 saturated carbocycles. The first kappa shape index (κ1) is 23.8. The Labute approximate surface area is 214 Å². The maximum absolute atomic E-state index is 13.7. The number of hydrogen-bond acceptors (Lipinski definition) is 7. The van der Waals surface area contributed by atoms with Crippen molar-refractivity contribution in [1.82, 2.24) is 9.55 Å². The summed E-state index contributed by atoms with van der Waals surface area (Å²) >= 11 is 9.25. The van der Waals surface area contributed by atoms with Crippen molar-refractivity contribution in [3.8, 4) is 11.1 Å². The highest BCUT2D eigenvalue weighted by atomic mass is 35.5. The minimum atomic E-state index is -0.401. The van der Waals surface area contributed by atoms with Gasteiger partial charge in [0.05, 0.1) is 18.5 Å². The fourth-order valence-corrected chi connectivity index (χ4v) is 6.21. The lowest BCUT2D eigenvalue weighted by molar-refractivity contribution is 0.183. The number of nitrogens with zero attached hydrogens (tertiary/aromatic N) is 2. The largest absolute Gasteiger partial charge is 0.423 e. The Hall–Kier alpha value is -2.91. The predicted octanol–water partition coefficient (Wildman–Crippen LogP) is 6.13. The van der Waals surface area contributed by atoms with E-state index in [0.717, 1.165) is 27.6 Å². The summed E-state index contributed by atoms with van der Waals surface area (Å²) in [7, 11) is 1.60. The fraction of sp³-hybridized carbons (Fsp3) is 0.192. The normalized spacial score (nSPS) is 11.5. The van der Waals surface area contributed by atoms with Crippen molar-refractivity contribution < 1.29 is 9.15 Å². The van der Waals surface area contributed by atoms with E-state index in [1.54, 1.807) is 11.7 Å². The van der Waals surface area contributed by atoms with Crippen molar-refractivity contribution in [2.24, 2.45) is 0 Å². The zero-order chi connectivity index (χ0) is 24.5. The quantitative estimate of drug-likeness (QED) is 0.145. The van der Waals surface area contributed by atoms with Crippen LogP contribution in [0.15, 0.2) is 73.1 Å². The molecule has 0 amide bonds. The van der Waals surface area contributed by atoms with Gasteiger partial charge in [0.1, 0.15) is 10.4 Å². The molecule has 0 aliphatic heterocycles. The van der Waals surface area contributed by atoms with E-state index in [1.807, 2.05) is 54.8 Å². The second-order valence-corrected chi connectivity index (χ2v) is 10.2. The lowest BCUT2D eigenvalue weighted by Gasteiger charge is -2.13. The first-order valence-corrected chi connectivity index (χ1v) is 13.1. The van der Waals surface area contributed by atoms with Gasteiger partial charge in [0, 0.05) is 45.8 Å². The number of fused-ring (bicyclic) bond motifs is 2. The minimum Gasteiger partial charge on any atom is -0.423 e. The fourth-order valence-electron chi connectivity index (χ4n) is 3.97. The maximum Gasteiger partial charge on any atom is 0.336 e. The second-order valence-electron chi connectivity index (χ2n) is 8.03. The van der Waals surface area contributed by atoms with Crippen LogP contribution in [0.1, 0.15) is 11.1 Å². The van der Waals surface area contributed by atoms with Crippen molar-refractivity contribution in [2.75, 3.05) is 13.7 Å². The molecule has 3 aromatic heterocycles. The number of ether oxygens (including phenoxy) is 1. The minimum absolute atomic E-state index is 0.140. The van der Waals surface area contributed by atoms with Gasteiger partial charge < -0.3 is 9.15 Å². The van der Waals surface area contributed by atoms with Crippen LogP contribution in [-0.2, 0) is 17.0 Å². The number of aryl methyl sites for hydroxylation is 1. The Bertz CT molecular complexity index is 1670. The number of aromatic nitrogens is 2. The summed E-state index contributed by atoms with van der Waals surface area (Å²) in [6.07, 6.45) is 0. The molecule has 0 bridgehead atoms. The molecule has 0 unspecified atom stereocenters. The van der Waals surface area contributed by atoms with E-state index in [0.29, 0.717) is 44.9 Å². The molecule has 0 spiro atoms. The van der Waals surface area contributed by atoms with E-state index in [-0.39, 0.29) is 5.56 Å². The van der Waals surface area contributed by atoms with Gasteiger partial charge in [-0.2, -0.15) is 0 Å². The van der Waals surface area contributed by atoms with Crippen molar-refractivity contribution in [2.45, 2.75) is 24.4 Å². The molecule has 0 atom stereocenters. The van der Waals surface area contributed by atoms with Crippen LogP contribution in [0.3, 0.4) is 0 Å². The van der Waals surface area contributed by atoms with Crippen molar-refractivity contribution in [1.29, 1.82) is 0 Å². The SMILES string of the molecule is COCCn1c(SCc2cc(=O)oc3cc(C)ccc23)nc2scc(-c3ccccc3Cl)c2c1=O. The second kappa shape index (κ2) is 9.99. The molecule has 3 heterocycles. The number of methoxy groups -OCH3 is 1. The average Bonchev–Trinajstić information content (AvgIpc) is 3.26. The lowest BCUT2D eigenvalue weighted by atomic mass is 10.1. The van der Waals surface area contributed by atoms with Crippen molar-refractivity contribution in [3.05, 3.63) is 90.8 Å². The van der Waals surface area contributed by atoms with Gasteiger partial charge in [0.25, 0.3) is 5.56 Å². The summed E-state index contributed by atoms with van der Waals surface area (Å²) in [5.74, 6) is 0.457. The number of thiophene rings is 1. The number of hydrogen-bond donors (Lipinski definition) is 0. The molecule has 0 saturated heterocycles. The number of halogens is 1. The van der Waals surface area contributed by atoms with Gasteiger partial charge in [-0.05, 0) is 30.2 Å². The zero-order valence-corrected chi connectivity index (χ0v) is 21.4. The Morgan fingerprint density at radius 2 is 1.97 bits per heavy atom. The molecule has 0 aliphatic rings. The summed E-state index contributed by atoms with van der Waals surface area (Å²) in [5.41, 5.74) is 3.43. The number of thioether (sulfide) groups is 1. The van der Waals surface area contributed by atoms with Gasteiger partial charge in [-0.25, -0.2) is 9.78 Å². The Balaban J connectivity index is 1.59. The molecule has 0 fully saturated rings. The average molecular weight is 525 g/mol.